The minimum absolute atomic E-state index is 0.542. The highest BCUT2D eigenvalue weighted by Crippen LogP contribution is 2.21. The molecule has 1 atom stereocenters. The zero-order valence-electron chi connectivity index (χ0n) is 8.66. The summed E-state index contributed by atoms with van der Waals surface area (Å²) in [6.07, 6.45) is 1.14. The molecule has 1 aromatic carbocycles. The summed E-state index contributed by atoms with van der Waals surface area (Å²) in [5.41, 5.74) is 3.40. The van der Waals surface area contributed by atoms with Crippen LogP contribution in [0.15, 0.2) is 18.2 Å². The lowest BCUT2D eigenvalue weighted by atomic mass is 9.78. The second-order valence-corrected chi connectivity index (χ2v) is 3.93. The maximum absolute atomic E-state index is 9.45. The lowest BCUT2D eigenvalue weighted by molar-refractivity contribution is 0.275. The Bertz CT molecular complexity index is 338. The van der Waals surface area contributed by atoms with E-state index in [2.05, 4.69) is 26.0 Å². The molecule has 1 heterocycles. The average molecular weight is 190 g/mol. The van der Waals surface area contributed by atoms with Crippen LogP contribution in [0.25, 0.3) is 0 Å². The van der Waals surface area contributed by atoms with Gasteiger partial charge in [-0.2, -0.15) is 0 Å². The van der Waals surface area contributed by atoms with Crippen molar-refractivity contribution in [1.82, 2.24) is 0 Å². The highest BCUT2D eigenvalue weighted by Gasteiger charge is 2.27. The predicted molar refractivity (Wildman–Crippen MR) is 57.5 cm³/mol. The van der Waals surface area contributed by atoms with E-state index in [0.717, 1.165) is 17.4 Å². The van der Waals surface area contributed by atoms with Crippen molar-refractivity contribution in [1.29, 1.82) is 0 Å². The van der Waals surface area contributed by atoms with Crippen molar-refractivity contribution in [3.63, 3.8) is 0 Å². The summed E-state index contributed by atoms with van der Waals surface area (Å²) in [5, 5.41) is 9.45. The van der Waals surface area contributed by atoms with E-state index in [1.165, 1.54) is 5.56 Å². The molecule has 1 unspecified atom stereocenters. The first kappa shape index (κ1) is 9.75. The van der Waals surface area contributed by atoms with Crippen LogP contribution in [0.4, 0.5) is 0 Å². The van der Waals surface area contributed by atoms with Gasteiger partial charge < -0.3 is 9.68 Å². The lowest BCUT2D eigenvalue weighted by Crippen LogP contribution is -2.27. The molecular weight excluding hydrogens is 175 g/mol. The van der Waals surface area contributed by atoms with E-state index in [4.69, 9.17) is 4.65 Å². The van der Waals surface area contributed by atoms with Crippen LogP contribution in [0.3, 0.4) is 0 Å². The number of rotatable bonds is 2. The van der Waals surface area contributed by atoms with Crippen molar-refractivity contribution in [2.45, 2.75) is 32.8 Å². The topological polar surface area (TPSA) is 29.5 Å². The minimum Gasteiger partial charge on any atom is -0.423 e. The van der Waals surface area contributed by atoms with E-state index in [0.29, 0.717) is 12.5 Å². The van der Waals surface area contributed by atoms with Crippen LogP contribution in [0.2, 0.25) is 0 Å². The summed E-state index contributed by atoms with van der Waals surface area (Å²) in [6.45, 7) is 4.94. The Morgan fingerprint density at radius 1 is 1.57 bits per heavy atom. The number of fused-ring (bicyclic) bond motifs is 1. The van der Waals surface area contributed by atoms with E-state index in [-0.39, 0.29) is 0 Å². The highest BCUT2D eigenvalue weighted by molar-refractivity contribution is 6.61. The molecule has 1 aliphatic rings. The molecule has 0 spiro atoms. The molecule has 0 bridgehead atoms. The lowest BCUT2D eigenvalue weighted by Gasteiger charge is -2.10. The highest BCUT2D eigenvalue weighted by atomic mass is 16.5. The Kier molecular flexibility index (Phi) is 2.61. The van der Waals surface area contributed by atoms with Gasteiger partial charge in [-0.1, -0.05) is 32.0 Å². The summed E-state index contributed by atoms with van der Waals surface area (Å²) in [6, 6.07) is 6.22. The summed E-state index contributed by atoms with van der Waals surface area (Å²) in [7, 11) is -0.712. The minimum atomic E-state index is -0.712. The molecule has 1 N–H and O–H groups in total. The molecule has 74 valence electrons. The molecular formula is C11H15BO2. The van der Waals surface area contributed by atoms with Crippen molar-refractivity contribution in [2.75, 3.05) is 0 Å². The van der Waals surface area contributed by atoms with Crippen molar-refractivity contribution >= 4 is 12.6 Å². The molecule has 0 fully saturated rings. The standard InChI is InChI=1S/C11H15BO2/c1-3-8(2)9-4-5-11-10(6-9)7-14-12(11)13/h4-6,8,13H,3,7H2,1-2H3. The summed E-state index contributed by atoms with van der Waals surface area (Å²) >= 11 is 0. The number of benzene rings is 1. The molecule has 1 aromatic rings. The molecule has 0 aromatic heterocycles. The SMILES string of the molecule is CCC(C)c1ccc2c(c1)COB2O. The first-order valence-electron chi connectivity index (χ1n) is 5.14. The summed E-state index contributed by atoms with van der Waals surface area (Å²) < 4.78 is 5.15. The van der Waals surface area contributed by atoms with Gasteiger partial charge >= 0.3 is 7.12 Å². The smallest absolute Gasteiger partial charge is 0.423 e. The normalized spacial score (nSPS) is 16.9. The van der Waals surface area contributed by atoms with Crippen LogP contribution >= 0.6 is 0 Å². The number of hydrogen-bond acceptors (Lipinski definition) is 2. The van der Waals surface area contributed by atoms with Gasteiger partial charge in [0, 0.05) is 0 Å². The van der Waals surface area contributed by atoms with E-state index < -0.39 is 7.12 Å². The molecule has 14 heavy (non-hydrogen) atoms. The van der Waals surface area contributed by atoms with Gasteiger partial charge in [-0.25, -0.2) is 0 Å². The van der Waals surface area contributed by atoms with E-state index >= 15 is 0 Å². The van der Waals surface area contributed by atoms with Gasteiger partial charge in [-0.3, -0.25) is 0 Å². The van der Waals surface area contributed by atoms with Crippen LogP contribution in [-0.2, 0) is 11.3 Å². The summed E-state index contributed by atoms with van der Waals surface area (Å²) in [5.74, 6) is 0.582. The van der Waals surface area contributed by atoms with Gasteiger partial charge in [0.15, 0.2) is 0 Å². The van der Waals surface area contributed by atoms with E-state index in [1.54, 1.807) is 0 Å². The quantitative estimate of drug-likeness (QED) is 0.714. The average Bonchev–Trinajstić information content (AvgIpc) is 2.59. The second-order valence-electron chi connectivity index (χ2n) is 3.93. The molecule has 3 heteroatoms. The molecule has 0 aliphatic carbocycles. The predicted octanol–water partition coefficient (Wildman–Crippen LogP) is 1.42. The van der Waals surface area contributed by atoms with Gasteiger partial charge in [-0.05, 0) is 28.9 Å². The third-order valence-corrected chi connectivity index (χ3v) is 3.01. The molecule has 0 radical (unpaired) electrons. The van der Waals surface area contributed by atoms with Crippen LogP contribution in [0.5, 0.6) is 0 Å². The zero-order chi connectivity index (χ0) is 10.1. The van der Waals surface area contributed by atoms with Crippen LogP contribution in [0.1, 0.15) is 37.3 Å². The maximum atomic E-state index is 9.45. The Hall–Kier alpha value is -0.795. The fourth-order valence-corrected chi connectivity index (χ4v) is 1.79. The van der Waals surface area contributed by atoms with E-state index in [1.807, 2.05) is 6.07 Å². The Morgan fingerprint density at radius 2 is 2.36 bits per heavy atom. The third kappa shape index (κ3) is 1.58. The fraction of sp³-hybridized carbons (Fsp3) is 0.455. The van der Waals surface area contributed by atoms with Crippen LogP contribution < -0.4 is 5.46 Å². The first-order chi connectivity index (χ1) is 6.72. The van der Waals surface area contributed by atoms with Crippen molar-refractivity contribution < 1.29 is 9.68 Å². The van der Waals surface area contributed by atoms with Crippen molar-refractivity contribution in [2.24, 2.45) is 0 Å². The molecule has 2 rings (SSSR count). The Balaban J connectivity index is 2.32. The fourth-order valence-electron chi connectivity index (χ4n) is 1.79. The molecule has 1 aliphatic heterocycles. The molecule has 0 saturated carbocycles. The van der Waals surface area contributed by atoms with Gasteiger partial charge in [0.05, 0.1) is 6.61 Å². The van der Waals surface area contributed by atoms with Crippen molar-refractivity contribution in [3.8, 4) is 0 Å². The Morgan fingerprint density at radius 3 is 3.07 bits per heavy atom. The zero-order valence-corrected chi connectivity index (χ0v) is 8.66. The van der Waals surface area contributed by atoms with Gasteiger partial charge in [0.25, 0.3) is 0 Å². The van der Waals surface area contributed by atoms with Gasteiger partial charge in [0.1, 0.15) is 0 Å². The van der Waals surface area contributed by atoms with Crippen LogP contribution in [-0.4, -0.2) is 12.1 Å². The maximum Gasteiger partial charge on any atom is 0.491 e. The summed E-state index contributed by atoms with van der Waals surface area (Å²) in [4.78, 5) is 0. The molecule has 2 nitrogen and oxygen atoms in total. The van der Waals surface area contributed by atoms with Crippen LogP contribution in [0, 0.1) is 0 Å². The van der Waals surface area contributed by atoms with Crippen molar-refractivity contribution in [3.05, 3.63) is 29.3 Å². The second kappa shape index (κ2) is 3.75. The van der Waals surface area contributed by atoms with Gasteiger partial charge in [-0.15, -0.1) is 0 Å². The largest absolute Gasteiger partial charge is 0.491 e. The monoisotopic (exact) mass is 190 g/mol. The molecule has 0 saturated heterocycles. The van der Waals surface area contributed by atoms with E-state index in [9.17, 15) is 5.02 Å². The number of hydrogen-bond donors (Lipinski definition) is 1. The van der Waals surface area contributed by atoms with Gasteiger partial charge in [0.2, 0.25) is 0 Å². The molecule has 0 amide bonds. The first-order valence-corrected chi connectivity index (χ1v) is 5.14. The Labute approximate surface area is 85.1 Å². The third-order valence-electron chi connectivity index (χ3n) is 3.01.